The quantitative estimate of drug-likeness (QED) is 0.795. The molecule has 0 N–H and O–H groups in total. The van der Waals surface area contributed by atoms with Gasteiger partial charge in [0.15, 0.2) is 0 Å². The van der Waals surface area contributed by atoms with Crippen molar-refractivity contribution < 1.29 is 18.0 Å². The fourth-order valence-electron chi connectivity index (χ4n) is 4.92. The second-order valence-electron chi connectivity index (χ2n) is 8.29. The molecule has 148 valence electrons. The van der Waals surface area contributed by atoms with Crippen LogP contribution in [0.15, 0.2) is 18.3 Å². The molecule has 1 aliphatic carbocycles. The predicted molar refractivity (Wildman–Crippen MR) is 96.2 cm³/mol. The third-order valence-corrected chi connectivity index (χ3v) is 6.56. The van der Waals surface area contributed by atoms with Crippen molar-refractivity contribution in [1.29, 1.82) is 0 Å². The van der Waals surface area contributed by atoms with Crippen LogP contribution >= 0.6 is 0 Å². The molecule has 1 amide bonds. The average Bonchev–Trinajstić information content (AvgIpc) is 3.24. The third kappa shape index (κ3) is 4.06. The summed E-state index contributed by atoms with van der Waals surface area (Å²) in [6.07, 6.45) is 2.77. The molecular formula is C20H26F3N3O. The molecule has 2 atom stereocenters. The molecule has 3 aliphatic rings. The van der Waals surface area contributed by atoms with E-state index in [4.69, 9.17) is 0 Å². The van der Waals surface area contributed by atoms with Gasteiger partial charge < -0.3 is 9.80 Å². The van der Waals surface area contributed by atoms with E-state index in [0.717, 1.165) is 63.1 Å². The van der Waals surface area contributed by atoms with Crippen LogP contribution in [0, 0.1) is 17.8 Å². The van der Waals surface area contributed by atoms with Gasteiger partial charge in [-0.2, -0.15) is 13.2 Å². The van der Waals surface area contributed by atoms with Gasteiger partial charge in [-0.25, -0.2) is 4.98 Å². The summed E-state index contributed by atoms with van der Waals surface area (Å²) in [7, 11) is 0. The van der Waals surface area contributed by atoms with Crippen LogP contribution in [0.1, 0.15) is 44.1 Å². The van der Waals surface area contributed by atoms with Crippen molar-refractivity contribution in [2.24, 2.45) is 17.8 Å². The molecule has 4 nitrogen and oxygen atoms in total. The third-order valence-electron chi connectivity index (χ3n) is 6.56. The largest absolute Gasteiger partial charge is 0.417 e. The molecule has 7 heteroatoms. The lowest BCUT2D eigenvalue weighted by atomic mass is 9.93. The first-order valence-electron chi connectivity index (χ1n) is 9.96. The van der Waals surface area contributed by atoms with E-state index in [9.17, 15) is 18.0 Å². The summed E-state index contributed by atoms with van der Waals surface area (Å²) in [5.41, 5.74) is -0.720. The molecule has 2 saturated heterocycles. The average molecular weight is 381 g/mol. The number of rotatable bonds is 3. The Kier molecular flexibility index (Phi) is 5.03. The summed E-state index contributed by atoms with van der Waals surface area (Å²) < 4.78 is 37.9. The Hall–Kier alpha value is -1.79. The number of pyridine rings is 1. The van der Waals surface area contributed by atoms with Gasteiger partial charge in [0.25, 0.3) is 0 Å². The second-order valence-corrected chi connectivity index (χ2v) is 8.29. The van der Waals surface area contributed by atoms with Crippen molar-refractivity contribution in [1.82, 2.24) is 9.88 Å². The monoisotopic (exact) mass is 381 g/mol. The van der Waals surface area contributed by atoms with Gasteiger partial charge in [-0.1, -0.05) is 6.42 Å². The van der Waals surface area contributed by atoms with Crippen molar-refractivity contribution >= 4 is 11.7 Å². The van der Waals surface area contributed by atoms with Crippen LogP contribution in [0.4, 0.5) is 19.0 Å². The highest BCUT2D eigenvalue weighted by molar-refractivity contribution is 5.76. The number of nitrogens with zero attached hydrogens (tertiary/aromatic N) is 3. The SMILES string of the molecule is O=C(CC1CCN(c2ccc(C(F)(F)F)cn2)CC1)N1CC2CCCC2C1. The Labute approximate surface area is 157 Å². The normalized spacial score (nSPS) is 26.5. The van der Waals surface area contributed by atoms with Crippen molar-refractivity contribution in [3.63, 3.8) is 0 Å². The van der Waals surface area contributed by atoms with E-state index in [1.165, 1.54) is 25.3 Å². The first-order chi connectivity index (χ1) is 12.9. The summed E-state index contributed by atoms with van der Waals surface area (Å²) in [6.45, 7) is 3.36. The zero-order valence-corrected chi connectivity index (χ0v) is 15.4. The Morgan fingerprint density at radius 2 is 1.74 bits per heavy atom. The van der Waals surface area contributed by atoms with Gasteiger partial charge in [0.05, 0.1) is 5.56 Å². The Balaban J connectivity index is 1.26. The molecule has 27 heavy (non-hydrogen) atoms. The summed E-state index contributed by atoms with van der Waals surface area (Å²) in [6, 6.07) is 2.53. The minimum atomic E-state index is -4.35. The summed E-state index contributed by atoms with van der Waals surface area (Å²) in [4.78, 5) is 20.7. The van der Waals surface area contributed by atoms with E-state index in [1.54, 1.807) is 0 Å². The highest BCUT2D eigenvalue weighted by Crippen LogP contribution is 2.38. The van der Waals surface area contributed by atoms with Gasteiger partial charge in [-0.15, -0.1) is 0 Å². The van der Waals surface area contributed by atoms with Crippen LogP contribution in [0.25, 0.3) is 0 Å². The van der Waals surface area contributed by atoms with Crippen molar-refractivity contribution in [3.05, 3.63) is 23.9 Å². The van der Waals surface area contributed by atoms with Gasteiger partial charge in [0.2, 0.25) is 5.91 Å². The standard InChI is InChI=1S/C20H26F3N3O/c21-20(22,23)17-4-5-18(24-11-17)25-8-6-14(7-9-25)10-19(27)26-12-15-2-1-3-16(15)13-26/h4-5,11,14-16H,1-3,6-10,12-13H2. The van der Waals surface area contributed by atoms with Gasteiger partial charge in [-0.3, -0.25) is 4.79 Å². The highest BCUT2D eigenvalue weighted by Gasteiger charge is 2.38. The van der Waals surface area contributed by atoms with Crippen LogP contribution in [-0.4, -0.2) is 42.0 Å². The summed E-state index contributed by atoms with van der Waals surface area (Å²) >= 11 is 0. The maximum Gasteiger partial charge on any atom is 0.417 e. The van der Waals surface area contributed by atoms with Gasteiger partial charge in [-0.05, 0) is 55.6 Å². The number of fused-ring (bicyclic) bond motifs is 1. The van der Waals surface area contributed by atoms with E-state index < -0.39 is 11.7 Å². The number of hydrogen-bond acceptors (Lipinski definition) is 3. The van der Waals surface area contributed by atoms with Crippen molar-refractivity contribution in [2.75, 3.05) is 31.1 Å². The van der Waals surface area contributed by atoms with E-state index in [2.05, 4.69) is 9.88 Å². The smallest absolute Gasteiger partial charge is 0.357 e. The lowest BCUT2D eigenvalue weighted by Crippen LogP contribution is -2.37. The summed E-state index contributed by atoms with van der Waals surface area (Å²) in [5.74, 6) is 2.68. The zero-order chi connectivity index (χ0) is 19.0. The Morgan fingerprint density at radius 3 is 2.30 bits per heavy atom. The van der Waals surface area contributed by atoms with Gasteiger partial charge in [0.1, 0.15) is 5.82 Å². The highest BCUT2D eigenvalue weighted by atomic mass is 19.4. The minimum Gasteiger partial charge on any atom is -0.357 e. The van der Waals surface area contributed by atoms with Crippen LogP contribution in [0.2, 0.25) is 0 Å². The van der Waals surface area contributed by atoms with E-state index in [0.29, 0.717) is 18.2 Å². The van der Waals surface area contributed by atoms with Gasteiger partial charge >= 0.3 is 6.18 Å². The lowest BCUT2D eigenvalue weighted by Gasteiger charge is -2.33. The molecule has 2 aliphatic heterocycles. The first kappa shape index (κ1) is 18.6. The number of likely N-dealkylation sites (tertiary alicyclic amines) is 1. The molecule has 4 rings (SSSR count). The van der Waals surface area contributed by atoms with Crippen LogP contribution in [0.3, 0.4) is 0 Å². The minimum absolute atomic E-state index is 0.288. The fraction of sp³-hybridized carbons (Fsp3) is 0.700. The van der Waals surface area contributed by atoms with Crippen molar-refractivity contribution in [3.8, 4) is 0 Å². The van der Waals surface area contributed by atoms with E-state index >= 15 is 0 Å². The van der Waals surface area contributed by atoms with E-state index in [1.807, 2.05) is 4.90 Å². The molecule has 1 aromatic rings. The number of carbonyl (C=O) groups excluding carboxylic acids is 1. The molecule has 3 fully saturated rings. The molecule has 2 unspecified atom stereocenters. The number of carbonyl (C=O) groups is 1. The molecule has 0 spiro atoms. The maximum absolute atomic E-state index is 12.6. The number of halogens is 3. The van der Waals surface area contributed by atoms with Crippen LogP contribution in [-0.2, 0) is 11.0 Å². The zero-order valence-electron chi connectivity index (χ0n) is 15.4. The second kappa shape index (κ2) is 7.32. The lowest BCUT2D eigenvalue weighted by molar-refractivity contribution is -0.137. The molecule has 0 radical (unpaired) electrons. The van der Waals surface area contributed by atoms with Crippen LogP contribution < -0.4 is 4.90 Å². The van der Waals surface area contributed by atoms with Crippen LogP contribution in [0.5, 0.6) is 0 Å². The molecule has 3 heterocycles. The number of aromatic nitrogens is 1. The fourth-order valence-corrected chi connectivity index (χ4v) is 4.92. The molecule has 1 aromatic heterocycles. The Bertz CT molecular complexity index is 656. The number of amides is 1. The number of alkyl halides is 3. The molecular weight excluding hydrogens is 355 g/mol. The molecule has 1 saturated carbocycles. The molecule has 0 bridgehead atoms. The summed E-state index contributed by atoms with van der Waals surface area (Å²) in [5, 5.41) is 0. The number of anilines is 1. The topological polar surface area (TPSA) is 36.4 Å². The maximum atomic E-state index is 12.6. The number of piperidine rings is 1. The molecule has 0 aromatic carbocycles. The van der Waals surface area contributed by atoms with E-state index in [-0.39, 0.29) is 5.91 Å². The first-order valence-corrected chi connectivity index (χ1v) is 9.96. The number of hydrogen-bond donors (Lipinski definition) is 0. The predicted octanol–water partition coefficient (Wildman–Crippen LogP) is 3.97. The van der Waals surface area contributed by atoms with Crippen molar-refractivity contribution in [2.45, 2.75) is 44.7 Å². The Morgan fingerprint density at radius 1 is 1.07 bits per heavy atom. The van der Waals surface area contributed by atoms with Gasteiger partial charge in [0, 0.05) is 38.8 Å².